The molecule has 0 aromatic heterocycles. The number of carbonyl (C=O) groups excluding carboxylic acids is 2. The molecule has 4 rings (SSSR count). The van der Waals surface area contributed by atoms with E-state index in [2.05, 4.69) is 16.8 Å². The Labute approximate surface area is 194 Å². The van der Waals surface area contributed by atoms with Crippen molar-refractivity contribution >= 4 is 11.9 Å². The molecule has 1 atom stereocenters. The van der Waals surface area contributed by atoms with Crippen LogP contribution in [0.5, 0.6) is 11.5 Å². The molecule has 1 aromatic carbocycles. The molecule has 3 aliphatic heterocycles. The molecule has 0 saturated carbocycles. The molecule has 1 aromatic rings. The van der Waals surface area contributed by atoms with Gasteiger partial charge in [-0.25, -0.2) is 4.79 Å². The average Bonchev–Trinajstić information content (AvgIpc) is 3.17. The third-order valence-corrected chi connectivity index (χ3v) is 6.32. The number of nitrogens with one attached hydrogen (secondary N) is 1. The molecule has 0 radical (unpaired) electrons. The van der Waals surface area contributed by atoms with Gasteiger partial charge in [0.2, 0.25) is 0 Å². The second-order valence-electron chi connectivity index (χ2n) is 8.32. The quantitative estimate of drug-likeness (QED) is 0.571. The van der Waals surface area contributed by atoms with E-state index in [1.807, 2.05) is 17.0 Å². The fourth-order valence-corrected chi connectivity index (χ4v) is 4.61. The van der Waals surface area contributed by atoms with Crippen LogP contribution in [0.3, 0.4) is 0 Å². The van der Waals surface area contributed by atoms with Gasteiger partial charge in [0.05, 0.1) is 51.3 Å². The second-order valence-corrected chi connectivity index (χ2v) is 8.32. The molecule has 178 valence electrons. The fourth-order valence-electron chi connectivity index (χ4n) is 4.61. The van der Waals surface area contributed by atoms with Gasteiger partial charge in [0.25, 0.3) is 5.91 Å². The lowest BCUT2D eigenvalue weighted by molar-refractivity contribution is -0.125. The Morgan fingerprint density at radius 3 is 2.45 bits per heavy atom. The minimum Gasteiger partial charge on any atom is -0.497 e. The molecule has 1 N–H and O–H groups in total. The van der Waals surface area contributed by atoms with Crippen LogP contribution < -0.4 is 14.8 Å². The zero-order chi connectivity index (χ0) is 23.4. The zero-order valence-corrected chi connectivity index (χ0v) is 19.3. The third kappa shape index (κ3) is 4.84. The highest BCUT2D eigenvalue weighted by Gasteiger charge is 2.43. The topological polar surface area (TPSA) is 83.6 Å². The van der Waals surface area contributed by atoms with Gasteiger partial charge in [0.15, 0.2) is 0 Å². The molecule has 9 nitrogen and oxygen atoms in total. The summed E-state index contributed by atoms with van der Waals surface area (Å²) in [6, 6.07) is 4.60. The maximum Gasteiger partial charge on any atom is 0.322 e. The van der Waals surface area contributed by atoms with Crippen LogP contribution >= 0.6 is 0 Å². The van der Waals surface area contributed by atoms with Crippen molar-refractivity contribution in [3.8, 4) is 11.5 Å². The Morgan fingerprint density at radius 2 is 1.82 bits per heavy atom. The van der Waals surface area contributed by atoms with Crippen LogP contribution in [0.2, 0.25) is 0 Å². The van der Waals surface area contributed by atoms with Crippen molar-refractivity contribution < 1.29 is 23.8 Å². The van der Waals surface area contributed by atoms with Crippen LogP contribution in [0.1, 0.15) is 18.0 Å². The highest BCUT2D eigenvalue weighted by atomic mass is 16.5. The number of morpholine rings is 1. The van der Waals surface area contributed by atoms with Crippen LogP contribution in [0.4, 0.5) is 4.79 Å². The van der Waals surface area contributed by atoms with Gasteiger partial charge >= 0.3 is 6.03 Å². The van der Waals surface area contributed by atoms with Crippen molar-refractivity contribution in [2.45, 2.75) is 12.5 Å². The van der Waals surface area contributed by atoms with E-state index in [0.717, 1.165) is 50.5 Å². The van der Waals surface area contributed by atoms with Gasteiger partial charge in [-0.05, 0) is 24.1 Å². The standard InChI is InChI=1S/C24H32N4O5/c1-4-6-28-20-16-27(8-5-7-26-9-11-33-12-10-26)23(29)21(20)22(25-24(28)30)17-13-18(31-2)15-19(14-17)32-3/h4,13-15,22H,1,5-12,16H2,2-3H3,(H,25,30)/t22-/m0/s1. The van der Waals surface area contributed by atoms with Gasteiger partial charge in [-0.15, -0.1) is 6.58 Å². The van der Waals surface area contributed by atoms with Crippen molar-refractivity contribution in [2.75, 3.05) is 66.7 Å². The lowest BCUT2D eigenvalue weighted by Gasteiger charge is -2.33. The first-order valence-electron chi connectivity index (χ1n) is 11.3. The maximum absolute atomic E-state index is 13.5. The van der Waals surface area contributed by atoms with Crippen molar-refractivity contribution in [3.05, 3.63) is 47.7 Å². The Kier molecular flexibility index (Phi) is 7.20. The monoisotopic (exact) mass is 456 g/mol. The summed E-state index contributed by atoms with van der Waals surface area (Å²) in [6.45, 7) is 9.44. The largest absolute Gasteiger partial charge is 0.497 e. The molecule has 0 spiro atoms. The second kappa shape index (κ2) is 10.3. The number of nitrogens with zero attached hydrogens (tertiary/aromatic N) is 3. The number of hydrogen-bond acceptors (Lipinski definition) is 6. The van der Waals surface area contributed by atoms with Crippen LogP contribution in [0.25, 0.3) is 0 Å². The van der Waals surface area contributed by atoms with E-state index in [9.17, 15) is 9.59 Å². The van der Waals surface area contributed by atoms with Gasteiger partial charge in [0, 0.05) is 38.8 Å². The summed E-state index contributed by atoms with van der Waals surface area (Å²) in [5, 5.41) is 3.00. The van der Waals surface area contributed by atoms with E-state index in [1.54, 1.807) is 31.3 Å². The molecular weight excluding hydrogens is 424 g/mol. The smallest absolute Gasteiger partial charge is 0.322 e. The summed E-state index contributed by atoms with van der Waals surface area (Å²) in [5.41, 5.74) is 2.08. The third-order valence-electron chi connectivity index (χ3n) is 6.32. The molecule has 3 amide bonds. The molecule has 0 aliphatic carbocycles. The minimum atomic E-state index is -0.575. The molecule has 33 heavy (non-hydrogen) atoms. The lowest BCUT2D eigenvalue weighted by Crippen LogP contribution is -2.47. The maximum atomic E-state index is 13.5. The molecule has 3 heterocycles. The summed E-state index contributed by atoms with van der Waals surface area (Å²) in [4.78, 5) is 32.3. The van der Waals surface area contributed by atoms with E-state index in [-0.39, 0.29) is 11.9 Å². The Morgan fingerprint density at radius 1 is 1.12 bits per heavy atom. The van der Waals surface area contributed by atoms with Crippen molar-refractivity contribution in [3.63, 3.8) is 0 Å². The normalized spacial score (nSPS) is 21.2. The first-order chi connectivity index (χ1) is 16.0. The first-order valence-corrected chi connectivity index (χ1v) is 11.3. The highest BCUT2D eigenvalue weighted by Crippen LogP contribution is 2.38. The van der Waals surface area contributed by atoms with E-state index < -0.39 is 6.04 Å². The molecule has 0 bridgehead atoms. The minimum absolute atomic E-state index is 0.0483. The predicted molar refractivity (Wildman–Crippen MR) is 123 cm³/mol. The molecule has 0 unspecified atom stereocenters. The van der Waals surface area contributed by atoms with Crippen LogP contribution in [-0.4, -0.2) is 93.3 Å². The number of amides is 3. The predicted octanol–water partition coefficient (Wildman–Crippen LogP) is 1.77. The summed E-state index contributed by atoms with van der Waals surface area (Å²) >= 11 is 0. The lowest BCUT2D eigenvalue weighted by atomic mass is 9.95. The van der Waals surface area contributed by atoms with Gasteiger partial charge in [-0.3, -0.25) is 14.6 Å². The van der Waals surface area contributed by atoms with Gasteiger partial charge in [-0.1, -0.05) is 6.08 Å². The number of ether oxygens (including phenoxy) is 3. The number of urea groups is 1. The highest BCUT2D eigenvalue weighted by molar-refractivity contribution is 6.01. The summed E-state index contributed by atoms with van der Waals surface area (Å²) in [7, 11) is 3.15. The number of benzene rings is 1. The number of carbonyl (C=O) groups is 2. The summed E-state index contributed by atoms with van der Waals surface area (Å²) in [6.07, 6.45) is 2.54. The average molecular weight is 457 g/mol. The Balaban J connectivity index is 1.57. The van der Waals surface area contributed by atoms with Crippen LogP contribution in [-0.2, 0) is 9.53 Å². The zero-order valence-electron chi connectivity index (χ0n) is 19.3. The van der Waals surface area contributed by atoms with Crippen molar-refractivity contribution in [1.82, 2.24) is 20.0 Å². The van der Waals surface area contributed by atoms with E-state index in [4.69, 9.17) is 14.2 Å². The molecule has 1 fully saturated rings. The summed E-state index contributed by atoms with van der Waals surface area (Å²) < 4.78 is 16.2. The van der Waals surface area contributed by atoms with Crippen LogP contribution in [0, 0.1) is 0 Å². The van der Waals surface area contributed by atoms with Crippen LogP contribution in [0.15, 0.2) is 42.1 Å². The first kappa shape index (κ1) is 23.1. The summed E-state index contributed by atoms with van der Waals surface area (Å²) in [5.74, 6) is 1.15. The molecular formula is C24H32N4O5. The van der Waals surface area contributed by atoms with Crippen molar-refractivity contribution in [1.29, 1.82) is 0 Å². The van der Waals surface area contributed by atoms with Gasteiger partial charge < -0.3 is 24.4 Å². The SMILES string of the molecule is C=CCN1C(=O)N[C@@H](c2cc(OC)cc(OC)c2)C2=C1CN(CCCN1CCOCC1)C2=O. The fraction of sp³-hybridized carbons (Fsp3) is 0.500. The van der Waals surface area contributed by atoms with E-state index >= 15 is 0 Å². The van der Waals surface area contributed by atoms with Gasteiger partial charge in [-0.2, -0.15) is 0 Å². The van der Waals surface area contributed by atoms with E-state index in [0.29, 0.717) is 36.7 Å². The van der Waals surface area contributed by atoms with E-state index in [1.165, 1.54) is 0 Å². The Hall–Kier alpha value is -3.04. The van der Waals surface area contributed by atoms with Crippen molar-refractivity contribution in [2.24, 2.45) is 0 Å². The molecule has 9 heteroatoms. The Bertz CT molecular complexity index is 919. The number of methoxy groups -OCH3 is 2. The van der Waals surface area contributed by atoms with Gasteiger partial charge in [0.1, 0.15) is 11.5 Å². The molecule has 3 aliphatic rings. The number of rotatable bonds is 9. The number of hydrogen-bond donors (Lipinski definition) is 1. The molecule has 1 saturated heterocycles.